The summed E-state index contributed by atoms with van der Waals surface area (Å²) in [5, 5.41) is 3.04. The molecule has 1 aromatic rings. The number of hydrogen-bond acceptors (Lipinski definition) is 3. The third kappa shape index (κ3) is 3.38. The number of rotatable bonds is 3. The second-order valence-corrected chi connectivity index (χ2v) is 7.31. The maximum Gasteiger partial charge on any atom is 0.225 e. The van der Waals surface area contributed by atoms with Crippen molar-refractivity contribution < 1.29 is 13.6 Å². The molecule has 1 aromatic carbocycles. The van der Waals surface area contributed by atoms with Crippen molar-refractivity contribution in [3.63, 3.8) is 0 Å². The van der Waals surface area contributed by atoms with Gasteiger partial charge in [-0.25, -0.2) is 8.78 Å². The van der Waals surface area contributed by atoms with Crippen molar-refractivity contribution in [2.24, 2.45) is 11.7 Å². The molecule has 1 aliphatic carbocycles. The van der Waals surface area contributed by atoms with Gasteiger partial charge in [0, 0.05) is 24.7 Å². The molecule has 2 fully saturated rings. The number of nitrogens with two attached hydrogens (primary N) is 1. The third-order valence-electron chi connectivity index (χ3n) is 5.36. The van der Waals surface area contributed by atoms with Crippen molar-refractivity contribution in [2.75, 3.05) is 18.0 Å². The fourth-order valence-corrected chi connectivity index (χ4v) is 3.96. The molecule has 0 bridgehead atoms. The molecule has 3 N–H and O–H groups in total. The van der Waals surface area contributed by atoms with Gasteiger partial charge in [0.2, 0.25) is 5.91 Å². The third-order valence-corrected chi connectivity index (χ3v) is 5.36. The van der Waals surface area contributed by atoms with Gasteiger partial charge in [-0.05, 0) is 38.3 Å². The summed E-state index contributed by atoms with van der Waals surface area (Å²) in [4.78, 5) is 14.3. The molecule has 1 saturated heterocycles. The highest BCUT2D eigenvalue weighted by molar-refractivity contribution is 5.80. The van der Waals surface area contributed by atoms with E-state index in [1.165, 1.54) is 18.2 Å². The minimum absolute atomic E-state index is 0.00409. The summed E-state index contributed by atoms with van der Waals surface area (Å²) < 4.78 is 27.8. The molecule has 3 atom stereocenters. The van der Waals surface area contributed by atoms with E-state index in [0.29, 0.717) is 19.5 Å². The molecule has 3 rings (SSSR count). The monoisotopic (exact) mass is 337 g/mol. The average molecular weight is 337 g/mol. The van der Waals surface area contributed by atoms with E-state index in [1.54, 1.807) is 4.90 Å². The van der Waals surface area contributed by atoms with Gasteiger partial charge in [0.1, 0.15) is 17.3 Å². The number of carbonyl (C=O) groups excluding carboxylic acids is 1. The molecule has 2 aliphatic rings. The van der Waals surface area contributed by atoms with Crippen molar-refractivity contribution in [1.82, 2.24) is 5.32 Å². The maximum atomic E-state index is 13.9. The second kappa shape index (κ2) is 6.67. The number of nitrogens with one attached hydrogen (secondary N) is 1. The lowest BCUT2D eigenvalue weighted by atomic mass is 9.74. The Kier molecular flexibility index (Phi) is 4.76. The van der Waals surface area contributed by atoms with Crippen LogP contribution < -0.4 is 16.0 Å². The van der Waals surface area contributed by atoms with Crippen LogP contribution in [0.25, 0.3) is 0 Å². The zero-order chi connectivity index (χ0) is 17.3. The Labute approximate surface area is 141 Å². The summed E-state index contributed by atoms with van der Waals surface area (Å²) in [6.45, 7) is 2.87. The summed E-state index contributed by atoms with van der Waals surface area (Å²) in [7, 11) is 0. The van der Waals surface area contributed by atoms with Crippen LogP contribution in [0.2, 0.25) is 0 Å². The van der Waals surface area contributed by atoms with Crippen molar-refractivity contribution >= 4 is 11.6 Å². The zero-order valence-electron chi connectivity index (χ0n) is 14.0. The van der Waals surface area contributed by atoms with E-state index in [1.807, 2.05) is 6.92 Å². The zero-order valence-corrected chi connectivity index (χ0v) is 14.0. The molecule has 0 radical (unpaired) electrons. The number of amides is 1. The number of hydrogen-bond donors (Lipinski definition) is 2. The second-order valence-electron chi connectivity index (χ2n) is 7.31. The molecular weight excluding hydrogens is 312 g/mol. The number of carbonyl (C=O) groups is 1. The molecule has 1 aliphatic heterocycles. The predicted octanol–water partition coefficient (Wildman–Crippen LogP) is 2.57. The summed E-state index contributed by atoms with van der Waals surface area (Å²) in [5.74, 6) is -1.35. The first-order valence-corrected chi connectivity index (χ1v) is 8.67. The molecule has 0 aromatic heterocycles. The molecule has 1 saturated carbocycles. The van der Waals surface area contributed by atoms with Gasteiger partial charge in [0.05, 0.1) is 5.92 Å². The number of para-hydroxylation sites is 1. The van der Waals surface area contributed by atoms with Gasteiger partial charge in [0.15, 0.2) is 0 Å². The van der Waals surface area contributed by atoms with Crippen LogP contribution in [0.1, 0.15) is 39.0 Å². The van der Waals surface area contributed by atoms with Crippen LogP contribution in [0.3, 0.4) is 0 Å². The fourth-order valence-electron chi connectivity index (χ4n) is 3.96. The largest absolute Gasteiger partial charge is 0.365 e. The minimum atomic E-state index is -0.566. The van der Waals surface area contributed by atoms with Gasteiger partial charge in [-0.2, -0.15) is 0 Å². The molecule has 0 spiro atoms. The highest BCUT2D eigenvalue weighted by atomic mass is 19.1. The number of nitrogens with zero attached hydrogens (tertiary/aromatic N) is 1. The van der Waals surface area contributed by atoms with Gasteiger partial charge in [-0.15, -0.1) is 0 Å². The van der Waals surface area contributed by atoms with Crippen molar-refractivity contribution in [2.45, 2.75) is 50.6 Å². The Morgan fingerprint density at radius 2 is 2.00 bits per heavy atom. The normalized spacial score (nSPS) is 30.4. The molecule has 1 amide bonds. The van der Waals surface area contributed by atoms with Gasteiger partial charge < -0.3 is 16.0 Å². The topological polar surface area (TPSA) is 58.4 Å². The van der Waals surface area contributed by atoms with Crippen LogP contribution >= 0.6 is 0 Å². The van der Waals surface area contributed by atoms with Gasteiger partial charge >= 0.3 is 0 Å². The molecule has 3 unspecified atom stereocenters. The van der Waals surface area contributed by atoms with E-state index in [9.17, 15) is 13.6 Å². The highest BCUT2D eigenvalue weighted by Gasteiger charge is 2.39. The van der Waals surface area contributed by atoms with Crippen LogP contribution in [0, 0.1) is 17.6 Å². The van der Waals surface area contributed by atoms with E-state index in [2.05, 4.69) is 5.32 Å². The van der Waals surface area contributed by atoms with Crippen molar-refractivity contribution in [3.8, 4) is 0 Å². The van der Waals surface area contributed by atoms with E-state index in [0.717, 1.165) is 25.7 Å². The van der Waals surface area contributed by atoms with Gasteiger partial charge in [0.25, 0.3) is 0 Å². The molecule has 24 heavy (non-hydrogen) atoms. The quantitative estimate of drug-likeness (QED) is 0.891. The summed E-state index contributed by atoms with van der Waals surface area (Å²) >= 11 is 0. The van der Waals surface area contributed by atoms with Gasteiger partial charge in [-0.1, -0.05) is 18.9 Å². The summed E-state index contributed by atoms with van der Waals surface area (Å²) in [6.07, 6.45) is 4.40. The lowest BCUT2D eigenvalue weighted by molar-refractivity contribution is -0.128. The molecule has 1 heterocycles. The Bertz CT molecular complexity index is 600. The molecule has 6 heteroatoms. The van der Waals surface area contributed by atoms with Crippen LogP contribution in [-0.2, 0) is 4.79 Å². The Morgan fingerprint density at radius 3 is 2.67 bits per heavy atom. The van der Waals surface area contributed by atoms with Crippen molar-refractivity contribution in [1.29, 1.82) is 0 Å². The Hall–Kier alpha value is -1.69. The number of halogens is 2. The Balaban J connectivity index is 1.63. The lowest BCUT2D eigenvalue weighted by Gasteiger charge is -2.37. The summed E-state index contributed by atoms with van der Waals surface area (Å²) in [6, 6.07) is 3.77. The molecule has 4 nitrogen and oxygen atoms in total. The number of benzene rings is 1. The van der Waals surface area contributed by atoms with Crippen LogP contribution in [0.15, 0.2) is 18.2 Å². The van der Waals surface area contributed by atoms with Crippen molar-refractivity contribution in [3.05, 3.63) is 29.8 Å². The standard InChI is InChI=1S/C18H25F2N3O/c1-18(21)9-3-2-5-13(18)17(24)22-12-8-10-23(11-12)16-14(19)6-4-7-15(16)20/h4,6-7,12-13H,2-3,5,8-11,21H2,1H3,(H,22,24). The number of anilines is 1. The fraction of sp³-hybridized carbons (Fsp3) is 0.611. The van der Waals surface area contributed by atoms with Crippen LogP contribution in [-0.4, -0.2) is 30.6 Å². The smallest absolute Gasteiger partial charge is 0.225 e. The van der Waals surface area contributed by atoms with Crippen LogP contribution in [0.5, 0.6) is 0 Å². The van der Waals surface area contributed by atoms with Gasteiger partial charge in [-0.3, -0.25) is 4.79 Å². The summed E-state index contributed by atoms with van der Waals surface area (Å²) in [5.41, 5.74) is 5.81. The first-order chi connectivity index (χ1) is 11.4. The molecule has 132 valence electrons. The first-order valence-electron chi connectivity index (χ1n) is 8.67. The Morgan fingerprint density at radius 1 is 1.29 bits per heavy atom. The lowest BCUT2D eigenvalue weighted by Crippen LogP contribution is -2.54. The van der Waals surface area contributed by atoms with Crippen LogP contribution in [0.4, 0.5) is 14.5 Å². The molecular formula is C18H25F2N3O. The minimum Gasteiger partial charge on any atom is -0.365 e. The average Bonchev–Trinajstić information content (AvgIpc) is 2.94. The van der Waals surface area contributed by atoms with E-state index in [4.69, 9.17) is 5.73 Å². The van der Waals surface area contributed by atoms with E-state index in [-0.39, 0.29) is 23.6 Å². The van der Waals surface area contributed by atoms with E-state index < -0.39 is 17.2 Å². The maximum absolute atomic E-state index is 13.9. The SMILES string of the molecule is CC1(N)CCCCC1C(=O)NC1CCN(c2c(F)cccc2F)C1. The van der Waals surface area contributed by atoms with E-state index >= 15 is 0 Å². The highest BCUT2D eigenvalue weighted by Crippen LogP contribution is 2.32. The predicted molar refractivity (Wildman–Crippen MR) is 89.7 cm³/mol. The first kappa shape index (κ1) is 17.1.